The van der Waals surface area contributed by atoms with Crippen LogP contribution < -0.4 is 11.1 Å². The number of para-hydroxylation sites is 1. The molecular weight excluding hydrogens is 466 g/mol. The summed E-state index contributed by atoms with van der Waals surface area (Å²) in [5.74, 6) is -0.0600. The molecule has 1 aliphatic rings. The summed E-state index contributed by atoms with van der Waals surface area (Å²) in [5, 5.41) is 5.58. The van der Waals surface area contributed by atoms with E-state index in [4.69, 9.17) is 5.73 Å². The number of amides is 1. The van der Waals surface area contributed by atoms with Crippen LogP contribution in [0.4, 0.5) is 0 Å². The molecule has 0 unspecified atom stereocenters. The predicted octanol–water partition coefficient (Wildman–Crippen LogP) is 4.06. The number of piperidine rings is 1. The molecule has 3 heterocycles. The number of H-pyrrole nitrogens is 2. The summed E-state index contributed by atoms with van der Waals surface area (Å²) >= 11 is 3.57. The van der Waals surface area contributed by atoms with Crippen molar-refractivity contribution in [3.63, 3.8) is 0 Å². The SMILES string of the molecule is N[C@@H](Cc1c[nH]c2ccccc12)C(=O)NC1CCN(Cc2c[nH]c3ccc(Br)cc23)CC1. The number of hydrogen-bond donors (Lipinski definition) is 4. The van der Waals surface area contributed by atoms with Crippen molar-refractivity contribution in [2.24, 2.45) is 5.73 Å². The van der Waals surface area contributed by atoms with Gasteiger partial charge in [0.05, 0.1) is 6.04 Å². The highest BCUT2D eigenvalue weighted by Crippen LogP contribution is 2.25. The third-order valence-electron chi connectivity index (χ3n) is 6.51. The number of carbonyl (C=O) groups excluding carboxylic acids is 1. The quantitative estimate of drug-likeness (QED) is 0.326. The molecule has 1 aliphatic heterocycles. The third-order valence-corrected chi connectivity index (χ3v) is 7.00. The van der Waals surface area contributed by atoms with E-state index in [0.29, 0.717) is 6.42 Å². The lowest BCUT2D eigenvalue weighted by Crippen LogP contribution is -2.50. The Kier molecular flexibility index (Phi) is 6.04. The minimum absolute atomic E-state index is 0.0600. The highest BCUT2D eigenvalue weighted by atomic mass is 79.9. The normalized spacial score (nSPS) is 16.6. The van der Waals surface area contributed by atoms with Crippen LogP contribution in [0, 0.1) is 0 Å². The summed E-state index contributed by atoms with van der Waals surface area (Å²) in [6.07, 6.45) is 6.48. The number of fused-ring (bicyclic) bond motifs is 2. The Morgan fingerprint density at radius 3 is 2.59 bits per heavy atom. The summed E-state index contributed by atoms with van der Waals surface area (Å²) in [5.41, 5.74) is 10.9. The summed E-state index contributed by atoms with van der Waals surface area (Å²) < 4.78 is 1.09. The number of likely N-dealkylation sites (tertiary alicyclic amines) is 1. The molecule has 5 rings (SSSR count). The third kappa shape index (κ3) is 4.46. The Hall–Kier alpha value is -2.61. The van der Waals surface area contributed by atoms with Crippen LogP contribution in [0.15, 0.2) is 59.3 Å². The predicted molar refractivity (Wildman–Crippen MR) is 132 cm³/mol. The zero-order valence-corrected chi connectivity index (χ0v) is 19.5. The van der Waals surface area contributed by atoms with Crippen molar-refractivity contribution in [2.75, 3.05) is 13.1 Å². The summed E-state index contributed by atoms with van der Waals surface area (Å²) in [6, 6.07) is 14.1. The Morgan fingerprint density at radius 1 is 1.06 bits per heavy atom. The number of aromatic nitrogens is 2. The first-order chi connectivity index (χ1) is 15.6. The van der Waals surface area contributed by atoms with Crippen molar-refractivity contribution in [1.82, 2.24) is 20.2 Å². The van der Waals surface area contributed by atoms with Gasteiger partial charge in [-0.15, -0.1) is 0 Å². The smallest absolute Gasteiger partial charge is 0.237 e. The first-order valence-corrected chi connectivity index (χ1v) is 11.9. The van der Waals surface area contributed by atoms with Crippen molar-refractivity contribution in [3.8, 4) is 0 Å². The van der Waals surface area contributed by atoms with E-state index in [-0.39, 0.29) is 11.9 Å². The lowest BCUT2D eigenvalue weighted by atomic mass is 10.0. The van der Waals surface area contributed by atoms with Gasteiger partial charge in [0.1, 0.15) is 0 Å². The van der Waals surface area contributed by atoms with Crippen LogP contribution in [0.25, 0.3) is 21.8 Å². The van der Waals surface area contributed by atoms with Gasteiger partial charge in [0.2, 0.25) is 5.91 Å². The van der Waals surface area contributed by atoms with Gasteiger partial charge in [-0.25, -0.2) is 0 Å². The van der Waals surface area contributed by atoms with Gasteiger partial charge in [-0.05, 0) is 54.7 Å². The van der Waals surface area contributed by atoms with Crippen LogP contribution in [0.2, 0.25) is 0 Å². The van der Waals surface area contributed by atoms with Gasteiger partial charge >= 0.3 is 0 Å². The molecule has 5 N–H and O–H groups in total. The maximum atomic E-state index is 12.7. The van der Waals surface area contributed by atoms with E-state index in [1.54, 1.807) is 0 Å². The number of hydrogen-bond acceptors (Lipinski definition) is 3. The van der Waals surface area contributed by atoms with E-state index < -0.39 is 6.04 Å². The van der Waals surface area contributed by atoms with Gasteiger partial charge in [0, 0.05) is 64.3 Å². The zero-order chi connectivity index (χ0) is 22.1. The minimum atomic E-state index is -0.545. The van der Waals surface area contributed by atoms with Gasteiger partial charge < -0.3 is 21.0 Å². The van der Waals surface area contributed by atoms with Crippen LogP contribution in [-0.2, 0) is 17.8 Å². The molecule has 0 aliphatic carbocycles. The molecule has 1 amide bonds. The molecule has 166 valence electrons. The maximum Gasteiger partial charge on any atom is 0.237 e. The molecule has 4 aromatic rings. The highest BCUT2D eigenvalue weighted by molar-refractivity contribution is 9.10. The van der Waals surface area contributed by atoms with E-state index in [0.717, 1.165) is 58.9 Å². The standard InChI is InChI=1S/C25H28BrN5O/c26-18-5-6-24-21(12-18)17(14-29-24)15-31-9-7-19(8-10-31)30-25(32)22(27)11-16-13-28-23-4-2-1-3-20(16)23/h1-6,12-14,19,22,28-29H,7-11,15,27H2,(H,30,32)/t22-/m0/s1. The summed E-state index contributed by atoms with van der Waals surface area (Å²) in [6.45, 7) is 2.84. The Balaban J connectivity index is 1.13. The van der Waals surface area contributed by atoms with Gasteiger partial charge in [-0.1, -0.05) is 34.1 Å². The van der Waals surface area contributed by atoms with E-state index in [9.17, 15) is 4.79 Å². The number of nitrogens with zero attached hydrogens (tertiary/aromatic N) is 1. The lowest BCUT2D eigenvalue weighted by Gasteiger charge is -2.32. The van der Waals surface area contributed by atoms with Crippen LogP contribution in [-0.4, -0.2) is 45.9 Å². The highest BCUT2D eigenvalue weighted by Gasteiger charge is 2.24. The van der Waals surface area contributed by atoms with Gasteiger partial charge in [-0.2, -0.15) is 0 Å². The molecule has 32 heavy (non-hydrogen) atoms. The van der Waals surface area contributed by atoms with Crippen LogP contribution in [0.3, 0.4) is 0 Å². The van der Waals surface area contributed by atoms with E-state index in [2.05, 4.69) is 66.6 Å². The van der Waals surface area contributed by atoms with Crippen LogP contribution >= 0.6 is 15.9 Å². The molecule has 7 heteroatoms. The number of rotatable bonds is 6. The van der Waals surface area contributed by atoms with Crippen molar-refractivity contribution < 1.29 is 4.79 Å². The van der Waals surface area contributed by atoms with Crippen molar-refractivity contribution in [3.05, 3.63) is 70.5 Å². The number of halogens is 1. The first kappa shape index (κ1) is 21.2. The molecule has 2 aromatic heterocycles. The fourth-order valence-electron chi connectivity index (χ4n) is 4.70. The van der Waals surface area contributed by atoms with Gasteiger partial charge in [-0.3, -0.25) is 9.69 Å². The van der Waals surface area contributed by atoms with Crippen LogP contribution in [0.1, 0.15) is 24.0 Å². The molecule has 0 saturated carbocycles. The fraction of sp³-hybridized carbons (Fsp3) is 0.320. The van der Waals surface area contributed by atoms with Crippen molar-refractivity contribution >= 4 is 43.6 Å². The minimum Gasteiger partial charge on any atom is -0.361 e. The number of nitrogens with two attached hydrogens (primary N) is 1. The number of aromatic amines is 2. The number of carbonyl (C=O) groups is 1. The number of nitrogens with one attached hydrogen (secondary N) is 3. The second-order valence-electron chi connectivity index (χ2n) is 8.73. The first-order valence-electron chi connectivity index (χ1n) is 11.2. The monoisotopic (exact) mass is 493 g/mol. The molecule has 1 fully saturated rings. The van der Waals surface area contributed by atoms with E-state index >= 15 is 0 Å². The topological polar surface area (TPSA) is 89.9 Å². The molecule has 0 radical (unpaired) electrons. The Bertz CT molecular complexity index is 1240. The second kappa shape index (κ2) is 9.10. The summed E-state index contributed by atoms with van der Waals surface area (Å²) in [7, 11) is 0. The molecule has 6 nitrogen and oxygen atoms in total. The van der Waals surface area contributed by atoms with Crippen molar-refractivity contribution in [2.45, 2.75) is 37.9 Å². The molecule has 1 atom stereocenters. The average Bonchev–Trinajstić information content (AvgIpc) is 3.39. The molecular formula is C25H28BrN5O. The van der Waals surface area contributed by atoms with E-state index in [1.165, 1.54) is 10.9 Å². The second-order valence-corrected chi connectivity index (χ2v) is 9.65. The summed E-state index contributed by atoms with van der Waals surface area (Å²) in [4.78, 5) is 21.8. The number of benzene rings is 2. The lowest BCUT2D eigenvalue weighted by molar-refractivity contribution is -0.123. The van der Waals surface area contributed by atoms with Gasteiger partial charge in [0.25, 0.3) is 0 Å². The molecule has 1 saturated heterocycles. The molecule has 2 aromatic carbocycles. The fourth-order valence-corrected chi connectivity index (χ4v) is 5.06. The Labute approximate surface area is 195 Å². The largest absolute Gasteiger partial charge is 0.361 e. The Morgan fingerprint density at radius 2 is 1.78 bits per heavy atom. The van der Waals surface area contributed by atoms with Crippen LogP contribution in [0.5, 0.6) is 0 Å². The average molecular weight is 494 g/mol. The molecule has 0 spiro atoms. The maximum absolute atomic E-state index is 12.7. The van der Waals surface area contributed by atoms with Crippen molar-refractivity contribution in [1.29, 1.82) is 0 Å². The van der Waals surface area contributed by atoms with Gasteiger partial charge in [0.15, 0.2) is 0 Å². The molecule has 0 bridgehead atoms. The zero-order valence-electron chi connectivity index (χ0n) is 17.9. The van der Waals surface area contributed by atoms with E-state index in [1.807, 2.05) is 24.4 Å².